The summed E-state index contributed by atoms with van der Waals surface area (Å²) >= 11 is 12.2. The van der Waals surface area contributed by atoms with Crippen LogP contribution in [0.2, 0.25) is 10.0 Å². The molecule has 4 rings (SSSR count). The van der Waals surface area contributed by atoms with Crippen molar-refractivity contribution < 1.29 is 18.0 Å². The highest BCUT2D eigenvalue weighted by atomic mass is 35.5. The fourth-order valence-electron chi connectivity index (χ4n) is 2.74. The van der Waals surface area contributed by atoms with Crippen LogP contribution >= 0.6 is 23.2 Å². The van der Waals surface area contributed by atoms with Gasteiger partial charge in [-0.15, -0.1) is 0 Å². The molecule has 0 aliphatic heterocycles. The molecule has 0 radical (unpaired) electrons. The van der Waals surface area contributed by atoms with Crippen molar-refractivity contribution in [3.8, 4) is 0 Å². The van der Waals surface area contributed by atoms with Crippen LogP contribution in [0.4, 0.5) is 30.5 Å². The number of hydrogen-bond donors (Lipinski definition) is 3. The van der Waals surface area contributed by atoms with E-state index in [0.717, 1.165) is 18.3 Å². The monoisotopic (exact) mass is 466 g/mol. The van der Waals surface area contributed by atoms with E-state index in [1.54, 1.807) is 6.07 Å². The average molecular weight is 467 g/mol. The second kappa shape index (κ2) is 8.05. The van der Waals surface area contributed by atoms with E-state index in [1.165, 1.54) is 24.7 Å². The van der Waals surface area contributed by atoms with Crippen LogP contribution in [0.15, 0.2) is 49.1 Å². The van der Waals surface area contributed by atoms with Gasteiger partial charge in [-0.1, -0.05) is 23.2 Å². The average Bonchev–Trinajstić information content (AvgIpc) is 3.12. The number of carbonyl (C=O) groups is 1. The lowest BCUT2D eigenvalue weighted by Crippen LogP contribution is -2.15. The van der Waals surface area contributed by atoms with E-state index < -0.39 is 17.6 Å². The van der Waals surface area contributed by atoms with Crippen molar-refractivity contribution in [2.24, 2.45) is 0 Å². The molecule has 0 aliphatic rings. The number of halogens is 5. The number of anilines is 3. The van der Waals surface area contributed by atoms with Gasteiger partial charge in [-0.2, -0.15) is 13.2 Å². The predicted molar refractivity (Wildman–Crippen MR) is 111 cm³/mol. The summed E-state index contributed by atoms with van der Waals surface area (Å²) < 4.78 is 38.5. The lowest BCUT2D eigenvalue weighted by Gasteiger charge is -2.08. The summed E-state index contributed by atoms with van der Waals surface area (Å²) in [6, 6.07) is 4.74. The molecule has 0 spiro atoms. The van der Waals surface area contributed by atoms with Crippen molar-refractivity contribution in [3.05, 3.63) is 70.4 Å². The topological polar surface area (TPSA) is 95.6 Å². The molecule has 4 aromatic heterocycles. The Labute approximate surface area is 182 Å². The minimum atomic E-state index is -4.55. The third-order valence-electron chi connectivity index (χ3n) is 4.18. The number of fused-ring (bicyclic) bond motifs is 1. The fraction of sp³-hybridized carbons (Fsp3) is 0.0526. The van der Waals surface area contributed by atoms with Crippen molar-refractivity contribution in [3.63, 3.8) is 0 Å². The Morgan fingerprint density at radius 1 is 1.03 bits per heavy atom. The van der Waals surface area contributed by atoms with Crippen LogP contribution in [-0.2, 0) is 6.18 Å². The number of alkyl halides is 3. The van der Waals surface area contributed by atoms with Crippen LogP contribution in [0.3, 0.4) is 0 Å². The predicted octanol–water partition coefficient (Wildman–Crippen LogP) is 5.67. The molecule has 3 N–H and O–H groups in total. The second-order valence-electron chi connectivity index (χ2n) is 6.32. The van der Waals surface area contributed by atoms with E-state index in [1.807, 2.05) is 0 Å². The van der Waals surface area contributed by atoms with Gasteiger partial charge in [0.15, 0.2) is 0 Å². The maximum absolute atomic E-state index is 12.8. The molecule has 158 valence electrons. The largest absolute Gasteiger partial charge is 0.416 e. The van der Waals surface area contributed by atoms with E-state index in [-0.39, 0.29) is 11.5 Å². The van der Waals surface area contributed by atoms with Crippen molar-refractivity contribution in [1.29, 1.82) is 0 Å². The minimum Gasteiger partial charge on any atom is -0.340 e. The quantitative estimate of drug-likeness (QED) is 0.359. The molecule has 12 heteroatoms. The van der Waals surface area contributed by atoms with E-state index in [4.69, 9.17) is 23.2 Å². The minimum absolute atomic E-state index is 0.00256. The maximum atomic E-state index is 12.8. The number of hydrogen-bond acceptors (Lipinski definition) is 5. The summed E-state index contributed by atoms with van der Waals surface area (Å²) in [5, 5.41) is 6.61. The molecule has 7 nitrogen and oxygen atoms in total. The molecule has 1 amide bonds. The summed E-state index contributed by atoms with van der Waals surface area (Å²) in [5.74, 6) is -0.409. The van der Waals surface area contributed by atoms with Crippen molar-refractivity contribution in [2.45, 2.75) is 6.18 Å². The number of aromatic nitrogens is 4. The molecular weight excluding hydrogens is 456 g/mol. The number of nitrogens with zero attached hydrogens (tertiary/aromatic N) is 3. The van der Waals surface area contributed by atoms with E-state index in [0.29, 0.717) is 32.5 Å². The smallest absolute Gasteiger partial charge is 0.340 e. The summed E-state index contributed by atoms with van der Waals surface area (Å²) in [5.41, 5.74) is 0.136. The summed E-state index contributed by atoms with van der Waals surface area (Å²) in [7, 11) is 0. The summed E-state index contributed by atoms with van der Waals surface area (Å²) in [6.45, 7) is 0. The number of pyridine rings is 3. The van der Waals surface area contributed by atoms with Gasteiger partial charge in [-0.25, -0.2) is 9.97 Å². The van der Waals surface area contributed by atoms with Crippen LogP contribution in [0.1, 0.15) is 16.1 Å². The molecule has 0 saturated heterocycles. The SMILES string of the molecule is O=C(Nc1cc(C(F)(F)F)ccn1)c1cc2cc(Nc3c(Cl)cncc3Cl)[nH]c2cn1. The van der Waals surface area contributed by atoms with Gasteiger partial charge in [0, 0.05) is 24.0 Å². The van der Waals surface area contributed by atoms with E-state index in [2.05, 4.69) is 30.6 Å². The van der Waals surface area contributed by atoms with Gasteiger partial charge < -0.3 is 15.6 Å². The zero-order chi connectivity index (χ0) is 22.2. The highest BCUT2D eigenvalue weighted by Crippen LogP contribution is 2.32. The Morgan fingerprint density at radius 2 is 1.77 bits per heavy atom. The molecule has 0 bridgehead atoms. The Balaban J connectivity index is 1.56. The van der Waals surface area contributed by atoms with E-state index in [9.17, 15) is 18.0 Å². The molecular formula is C19H11Cl2F3N6O. The number of nitrogens with one attached hydrogen (secondary N) is 3. The van der Waals surface area contributed by atoms with Crippen LogP contribution in [0, 0.1) is 0 Å². The third kappa shape index (κ3) is 4.54. The first kappa shape index (κ1) is 20.9. The van der Waals surface area contributed by atoms with Crippen LogP contribution in [0.25, 0.3) is 10.9 Å². The van der Waals surface area contributed by atoms with Gasteiger partial charge in [0.2, 0.25) is 0 Å². The zero-order valence-corrected chi connectivity index (χ0v) is 16.8. The highest BCUT2D eigenvalue weighted by molar-refractivity contribution is 6.39. The molecule has 0 atom stereocenters. The first-order chi connectivity index (χ1) is 14.7. The number of H-pyrrole nitrogens is 1. The van der Waals surface area contributed by atoms with Gasteiger partial charge in [0.05, 0.1) is 33.0 Å². The van der Waals surface area contributed by atoms with Gasteiger partial charge >= 0.3 is 6.18 Å². The van der Waals surface area contributed by atoms with Crippen LogP contribution in [0.5, 0.6) is 0 Å². The highest BCUT2D eigenvalue weighted by Gasteiger charge is 2.31. The second-order valence-corrected chi connectivity index (χ2v) is 7.14. The Kier molecular flexibility index (Phi) is 5.42. The fourth-order valence-corrected chi connectivity index (χ4v) is 3.20. The molecule has 0 aromatic carbocycles. The molecule has 0 fully saturated rings. The number of aromatic amines is 1. The molecule has 0 aliphatic carbocycles. The van der Waals surface area contributed by atoms with Gasteiger partial charge in [0.1, 0.15) is 17.3 Å². The summed E-state index contributed by atoms with van der Waals surface area (Å²) in [6.07, 6.45) is 0.711. The van der Waals surface area contributed by atoms with Crippen molar-refractivity contribution >= 4 is 57.3 Å². The van der Waals surface area contributed by atoms with Gasteiger partial charge in [-0.3, -0.25) is 9.78 Å². The van der Waals surface area contributed by atoms with Crippen LogP contribution in [-0.4, -0.2) is 25.8 Å². The summed E-state index contributed by atoms with van der Waals surface area (Å²) in [4.78, 5) is 27.2. The molecule has 0 unspecified atom stereocenters. The van der Waals surface area contributed by atoms with E-state index >= 15 is 0 Å². The molecule has 4 heterocycles. The van der Waals surface area contributed by atoms with Gasteiger partial charge in [0.25, 0.3) is 5.91 Å². The Morgan fingerprint density at radius 3 is 2.48 bits per heavy atom. The third-order valence-corrected chi connectivity index (χ3v) is 4.75. The number of carbonyl (C=O) groups excluding carboxylic acids is 1. The molecule has 31 heavy (non-hydrogen) atoms. The van der Waals surface area contributed by atoms with Crippen molar-refractivity contribution in [1.82, 2.24) is 19.9 Å². The first-order valence-electron chi connectivity index (χ1n) is 8.60. The van der Waals surface area contributed by atoms with Gasteiger partial charge in [-0.05, 0) is 24.3 Å². The Bertz CT molecular complexity index is 1270. The molecule has 0 saturated carbocycles. The maximum Gasteiger partial charge on any atom is 0.416 e. The molecule has 4 aromatic rings. The van der Waals surface area contributed by atoms with Crippen molar-refractivity contribution in [2.75, 3.05) is 10.6 Å². The zero-order valence-electron chi connectivity index (χ0n) is 15.3. The standard InChI is InChI=1S/C19H11Cl2F3N6O/c20-11-6-25-7-12(21)17(11)29-16-4-9-3-13(27-8-14(9)28-16)18(31)30-15-5-10(1-2-26-15)19(22,23)24/h1-8,28H,(H,25,29)(H,26,30,31). The normalized spacial score (nSPS) is 11.5. The first-order valence-corrected chi connectivity index (χ1v) is 9.36. The Hall–Kier alpha value is -3.37. The van der Waals surface area contributed by atoms with Crippen LogP contribution < -0.4 is 10.6 Å². The lowest BCUT2D eigenvalue weighted by atomic mass is 10.2. The number of rotatable bonds is 4. The lowest BCUT2D eigenvalue weighted by molar-refractivity contribution is -0.137. The number of amides is 1.